The van der Waals surface area contributed by atoms with Crippen molar-refractivity contribution < 1.29 is 14.3 Å². The molecule has 0 bridgehead atoms. The number of amides is 1. The van der Waals surface area contributed by atoms with Crippen molar-refractivity contribution in [3.8, 4) is 0 Å². The van der Waals surface area contributed by atoms with Gasteiger partial charge in [-0.15, -0.1) is 0 Å². The first-order chi connectivity index (χ1) is 10.2. The molecule has 1 aliphatic carbocycles. The second-order valence-electron chi connectivity index (χ2n) is 5.74. The Morgan fingerprint density at radius 2 is 2.10 bits per heavy atom. The third kappa shape index (κ3) is 2.65. The lowest BCUT2D eigenvalue weighted by Gasteiger charge is -2.37. The number of hydrogen-bond donors (Lipinski definition) is 1. The SMILES string of the molecule is COC(=O)[C@H](Cc1ccccc1)N1CCNC2(CC2)C1=O. The predicted octanol–water partition coefficient (Wildman–Crippen LogP) is 0.735. The van der Waals surface area contributed by atoms with Crippen LogP contribution in [0.3, 0.4) is 0 Å². The zero-order chi connectivity index (χ0) is 14.9. The molecule has 1 atom stereocenters. The molecular weight excluding hydrogens is 268 g/mol. The largest absolute Gasteiger partial charge is 0.467 e. The second kappa shape index (κ2) is 5.48. The van der Waals surface area contributed by atoms with Crippen LogP contribution < -0.4 is 5.32 Å². The lowest BCUT2D eigenvalue weighted by Crippen LogP contribution is -2.61. The Bertz CT molecular complexity index is 540. The average Bonchev–Trinajstić information content (AvgIpc) is 3.29. The molecule has 0 radical (unpaired) electrons. The first kappa shape index (κ1) is 14.1. The van der Waals surface area contributed by atoms with E-state index in [0.717, 1.165) is 24.9 Å². The van der Waals surface area contributed by atoms with Gasteiger partial charge in [0.1, 0.15) is 6.04 Å². The fourth-order valence-electron chi connectivity index (χ4n) is 2.97. The number of benzene rings is 1. The molecule has 0 unspecified atom stereocenters. The predicted molar refractivity (Wildman–Crippen MR) is 77.6 cm³/mol. The zero-order valence-electron chi connectivity index (χ0n) is 12.2. The average molecular weight is 288 g/mol. The van der Waals surface area contributed by atoms with Crippen molar-refractivity contribution in [1.82, 2.24) is 10.2 Å². The number of nitrogens with one attached hydrogen (secondary N) is 1. The maximum absolute atomic E-state index is 12.6. The number of piperazine rings is 1. The number of hydrogen-bond acceptors (Lipinski definition) is 4. The van der Waals surface area contributed by atoms with E-state index >= 15 is 0 Å². The highest BCUT2D eigenvalue weighted by Crippen LogP contribution is 2.39. The van der Waals surface area contributed by atoms with Gasteiger partial charge < -0.3 is 15.0 Å². The minimum absolute atomic E-state index is 0.0417. The Balaban J connectivity index is 1.82. The molecule has 21 heavy (non-hydrogen) atoms. The molecule has 112 valence electrons. The summed E-state index contributed by atoms with van der Waals surface area (Å²) in [7, 11) is 1.37. The highest BCUT2D eigenvalue weighted by molar-refractivity contribution is 5.93. The van der Waals surface area contributed by atoms with Crippen molar-refractivity contribution >= 4 is 11.9 Å². The Kier molecular flexibility index (Phi) is 3.68. The van der Waals surface area contributed by atoms with Crippen LogP contribution in [0.2, 0.25) is 0 Å². The molecule has 2 aliphatic rings. The van der Waals surface area contributed by atoms with E-state index in [9.17, 15) is 9.59 Å². The standard InChI is InChI=1S/C16H20N2O3/c1-21-14(19)13(11-12-5-3-2-4-6-12)18-10-9-17-16(7-8-16)15(18)20/h2-6,13,17H,7-11H2,1H3/t13-/m0/s1. The monoisotopic (exact) mass is 288 g/mol. The molecule has 2 fully saturated rings. The molecule has 1 aliphatic heterocycles. The Labute approximate surface area is 124 Å². The quantitative estimate of drug-likeness (QED) is 0.830. The van der Waals surface area contributed by atoms with Gasteiger partial charge in [0.05, 0.1) is 12.6 Å². The highest BCUT2D eigenvalue weighted by Gasteiger charge is 2.55. The van der Waals surface area contributed by atoms with Crippen LogP contribution in [-0.2, 0) is 20.7 Å². The van der Waals surface area contributed by atoms with Crippen molar-refractivity contribution in [1.29, 1.82) is 0 Å². The van der Waals surface area contributed by atoms with Crippen LogP contribution in [0, 0.1) is 0 Å². The number of carbonyl (C=O) groups excluding carboxylic acids is 2. The fraction of sp³-hybridized carbons (Fsp3) is 0.500. The molecule has 1 heterocycles. The van der Waals surface area contributed by atoms with E-state index in [1.807, 2.05) is 30.3 Å². The Hall–Kier alpha value is -1.88. The van der Waals surface area contributed by atoms with Gasteiger partial charge in [-0.05, 0) is 18.4 Å². The first-order valence-corrected chi connectivity index (χ1v) is 7.34. The summed E-state index contributed by atoms with van der Waals surface area (Å²) in [5.74, 6) is -0.301. The number of ether oxygens (including phenoxy) is 1. The third-order valence-corrected chi connectivity index (χ3v) is 4.36. The minimum atomic E-state index is -0.538. The molecule has 1 aromatic carbocycles. The zero-order valence-corrected chi connectivity index (χ0v) is 12.2. The molecule has 1 N–H and O–H groups in total. The van der Waals surface area contributed by atoms with Gasteiger partial charge in [-0.3, -0.25) is 4.79 Å². The van der Waals surface area contributed by atoms with Crippen LogP contribution in [0.5, 0.6) is 0 Å². The number of carbonyl (C=O) groups is 2. The van der Waals surface area contributed by atoms with Crippen molar-refractivity contribution in [3.05, 3.63) is 35.9 Å². The molecule has 1 aromatic rings. The van der Waals surface area contributed by atoms with E-state index < -0.39 is 11.6 Å². The van der Waals surface area contributed by atoms with Gasteiger partial charge in [-0.2, -0.15) is 0 Å². The van der Waals surface area contributed by atoms with Crippen LogP contribution >= 0.6 is 0 Å². The summed E-state index contributed by atoms with van der Waals surface area (Å²) in [6.07, 6.45) is 2.22. The van der Waals surface area contributed by atoms with Gasteiger partial charge in [0.25, 0.3) is 0 Å². The lowest BCUT2D eigenvalue weighted by molar-refractivity contribution is -0.155. The van der Waals surface area contributed by atoms with Gasteiger partial charge >= 0.3 is 5.97 Å². The van der Waals surface area contributed by atoms with Crippen LogP contribution in [0.1, 0.15) is 18.4 Å². The maximum atomic E-state index is 12.6. The molecule has 5 nitrogen and oxygen atoms in total. The van der Waals surface area contributed by atoms with E-state index in [-0.39, 0.29) is 11.9 Å². The van der Waals surface area contributed by atoms with Crippen molar-refractivity contribution in [2.24, 2.45) is 0 Å². The smallest absolute Gasteiger partial charge is 0.328 e. The molecule has 1 saturated carbocycles. The normalized spacial score (nSPS) is 21.2. The summed E-state index contributed by atoms with van der Waals surface area (Å²) >= 11 is 0. The van der Waals surface area contributed by atoms with Gasteiger partial charge in [-0.1, -0.05) is 30.3 Å². The Morgan fingerprint density at radius 1 is 1.38 bits per heavy atom. The first-order valence-electron chi connectivity index (χ1n) is 7.34. The van der Waals surface area contributed by atoms with Crippen molar-refractivity contribution in [2.75, 3.05) is 20.2 Å². The van der Waals surface area contributed by atoms with Crippen LogP contribution in [-0.4, -0.2) is 48.6 Å². The van der Waals surface area contributed by atoms with E-state index in [0.29, 0.717) is 13.0 Å². The van der Waals surface area contributed by atoms with Crippen molar-refractivity contribution in [2.45, 2.75) is 30.8 Å². The van der Waals surface area contributed by atoms with Crippen molar-refractivity contribution in [3.63, 3.8) is 0 Å². The topological polar surface area (TPSA) is 58.6 Å². The summed E-state index contributed by atoms with van der Waals surface area (Å²) < 4.78 is 4.92. The molecule has 1 saturated heterocycles. The van der Waals surface area contributed by atoms with Gasteiger partial charge in [0.15, 0.2) is 0 Å². The molecular formula is C16H20N2O3. The summed E-state index contributed by atoms with van der Waals surface area (Å²) in [6.45, 7) is 1.28. The van der Waals surface area contributed by atoms with Crippen LogP contribution in [0.15, 0.2) is 30.3 Å². The molecule has 0 aromatic heterocycles. The molecule has 1 spiro atoms. The maximum Gasteiger partial charge on any atom is 0.328 e. The van der Waals surface area contributed by atoms with Crippen LogP contribution in [0.25, 0.3) is 0 Å². The van der Waals surface area contributed by atoms with E-state index in [1.165, 1.54) is 7.11 Å². The summed E-state index contributed by atoms with van der Waals surface area (Å²) in [5, 5.41) is 3.28. The highest BCUT2D eigenvalue weighted by atomic mass is 16.5. The van der Waals surface area contributed by atoms with Crippen LogP contribution in [0.4, 0.5) is 0 Å². The van der Waals surface area contributed by atoms with Gasteiger partial charge in [0.2, 0.25) is 5.91 Å². The lowest BCUT2D eigenvalue weighted by atomic mass is 10.0. The number of rotatable bonds is 4. The van der Waals surface area contributed by atoms with E-state index in [1.54, 1.807) is 4.90 Å². The molecule has 5 heteroatoms. The van der Waals surface area contributed by atoms with E-state index in [2.05, 4.69) is 5.32 Å². The second-order valence-corrected chi connectivity index (χ2v) is 5.74. The fourth-order valence-corrected chi connectivity index (χ4v) is 2.97. The van der Waals surface area contributed by atoms with Gasteiger partial charge in [0, 0.05) is 19.5 Å². The summed E-state index contributed by atoms with van der Waals surface area (Å²) in [4.78, 5) is 26.5. The number of nitrogens with zero attached hydrogens (tertiary/aromatic N) is 1. The third-order valence-electron chi connectivity index (χ3n) is 4.36. The molecule has 3 rings (SSSR count). The number of methoxy groups -OCH3 is 1. The van der Waals surface area contributed by atoms with Gasteiger partial charge in [-0.25, -0.2) is 4.79 Å². The van der Waals surface area contributed by atoms with E-state index in [4.69, 9.17) is 4.74 Å². The Morgan fingerprint density at radius 3 is 2.71 bits per heavy atom. The minimum Gasteiger partial charge on any atom is -0.467 e. The summed E-state index contributed by atoms with van der Waals surface area (Å²) in [5.41, 5.74) is 0.630. The summed E-state index contributed by atoms with van der Waals surface area (Å²) in [6, 6.07) is 9.21. The molecule has 1 amide bonds. The number of esters is 1.